The molecule has 1 aromatic rings. The number of ether oxygens (including phenoxy) is 8. The molecule has 11 fully saturated rings. The van der Waals surface area contributed by atoms with E-state index in [9.17, 15) is 38.4 Å². The number of carbonyl (C=O) groups is 8. The SMILES string of the molecule is C=CC(=O)OCC1CC2C3CC(COC(=O)c4cccc(C(=O)OCC5CC6C7CC(COC(=O)CCCCCCCC8C(CCCCCC)CCC(CCCCCCCC)C8CCCCCCCC(=O)COCCC8CC(COC(=O)C9C=C(C(=O)OCC%10C[C@@H]%11CC%10C%10CC(COC(=O)C(=C)C)CC%10%11)C=CC9)CC8C(C)C=C)C(C7)C6C5)c4)C(C3)C2C1. The molecule has 12 aliphatic rings. The lowest BCUT2D eigenvalue weighted by molar-refractivity contribution is -0.148. The van der Waals surface area contributed by atoms with E-state index in [0.717, 1.165) is 126 Å². The van der Waals surface area contributed by atoms with Gasteiger partial charge in [-0.2, -0.15) is 0 Å². The third-order valence-electron chi connectivity index (χ3n) is 34.4. The second-order valence-corrected chi connectivity index (χ2v) is 42.4. The molecule has 26 unspecified atom stereocenters. The van der Waals surface area contributed by atoms with Crippen LogP contribution in [0.15, 0.2) is 85.5 Å². The molecule has 12 aliphatic carbocycles. The summed E-state index contributed by atoms with van der Waals surface area (Å²) in [7, 11) is 0. The van der Waals surface area contributed by atoms with Crippen molar-refractivity contribution in [3.63, 3.8) is 0 Å². The lowest BCUT2D eigenvalue weighted by Crippen LogP contribution is -2.35. The van der Waals surface area contributed by atoms with Crippen LogP contribution in [0.1, 0.15) is 331 Å². The first-order chi connectivity index (χ1) is 60.3. The molecule has 124 heavy (non-hydrogen) atoms. The van der Waals surface area contributed by atoms with Crippen molar-refractivity contribution in [2.75, 3.05) is 59.5 Å². The highest BCUT2D eigenvalue weighted by molar-refractivity contribution is 5.95. The van der Waals surface area contributed by atoms with Crippen molar-refractivity contribution in [1.82, 2.24) is 0 Å². The summed E-state index contributed by atoms with van der Waals surface area (Å²) in [5.41, 5.74) is 1.60. The highest BCUT2D eigenvalue weighted by Gasteiger charge is 2.59. The average Bonchev–Trinajstić information content (AvgIpc) is 1.60. The van der Waals surface area contributed by atoms with Crippen molar-refractivity contribution in [3.8, 4) is 0 Å². The maximum atomic E-state index is 13.6. The number of benzene rings is 1. The largest absolute Gasteiger partial charge is 0.465 e. The van der Waals surface area contributed by atoms with Gasteiger partial charge in [0.05, 0.1) is 68.9 Å². The molecule has 0 aliphatic heterocycles. The molecule has 0 spiro atoms. The van der Waals surface area contributed by atoms with E-state index in [-0.39, 0.29) is 48.2 Å². The topological polar surface area (TPSA) is 210 Å². The number of fused-ring (bicyclic) bond motifs is 15. The number of hydrogen-bond acceptors (Lipinski definition) is 16. The van der Waals surface area contributed by atoms with Crippen LogP contribution in [0, 0.1) is 160 Å². The Labute approximate surface area is 745 Å². The van der Waals surface area contributed by atoms with Gasteiger partial charge in [0.2, 0.25) is 0 Å². The Morgan fingerprint density at radius 1 is 0.444 bits per heavy atom. The summed E-state index contributed by atoms with van der Waals surface area (Å²) >= 11 is 0. The van der Waals surface area contributed by atoms with Gasteiger partial charge in [0, 0.05) is 31.1 Å². The maximum absolute atomic E-state index is 13.6. The molecule has 16 nitrogen and oxygen atoms in total. The standard InChI is InChI=1S/C108H160O16/c1-8-12-14-16-19-25-33-77-43-42-76(32-24-15-13-9-2)90(40-28-22-18-23-29-41-103(111)119-66-86-56-83-59-96(86)100-53-75(50-95(83)100)65-122-106(114)80-35-31-37-82(55-80)108(116)123-67-87-57-84-60-97(87)99-51-73(48-93(84)99)62-118-102(110)11-4)91(77)39-27-21-17-20-26-38-89(109)69-117-45-44-78-46-72(47-92(78)71(7)10-3)63-121-105(113)79-34-30-36-81(54-79)107(115)124-68-88-58-85-61-98(88)101-52-74(49-94(85)101)64-120-104(112)70(5)6/h10-11,30-31,35-37,54-55,71-79,83-88,90-101H,3-5,8-9,12-29,32-34,38-53,56-69H2,1-2,6-7H3/t71?,72?,73?,74?,75?,76?,77?,78?,79?,83?,84?,85-,86?,87?,88?,90?,91?,92?,93?,94?,95?,96?,97?,98?,99?,100?,101?/m1/s1. The Hall–Kier alpha value is -6.16. The molecule has 688 valence electrons. The van der Waals surface area contributed by atoms with Crippen molar-refractivity contribution >= 4 is 47.6 Å². The zero-order chi connectivity index (χ0) is 87.0. The minimum Gasteiger partial charge on any atom is -0.465 e. The predicted octanol–water partition coefficient (Wildman–Crippen LogP) is 23.8. The van der Waals surface area contributed by atoms with Crippen LogP contribution in [-0.4, -0.2) is 107 Å². The lowest BCUT2D eigenvalue weighted by Gasteiger charge is -2.44. The summed E-state index contributed by atoms with van der Waals surface area (Å²) < 4.78 is 47.1. The summed E-state index contributed by atoms with van der Waals surface area (Å²) in [6, 6.07) is 6.80. The van der Waals surface area contributed by atoms with Crippen LogP contribution in [-0.2, 0) is 66.7 Å². The molecule has 0 aromatic heterocycles. The van der Waals surface area contributed by atoms with Crippen LogP contribution in [0.25, 0.3) is 0 Å². The summed E-state index contributed by atoms with van der Waals surface area (Å²) in [6.07, 6.45) is 59.4. The average molecular weight is 1710 g/mol. The van der Waals surface area contributed by atoms with Crippen LogP contribution in [0.5, 0.6) is 0 Å². The molecule has 0 N–H and O–H groups in total. The van der Waals surface area contributed by atoms with Crippen LogP contribution in [0.4, 0.5) is 0 Å². The number of ketones is 1. The van der Waals surface area contributed by atoms with E-state index in [2.05, 4.69) is 40.5 Å². The van der Waals surface area contributed by atoms with Gasteiger partial charge < -0.3 is 37.9 Å². The second-order valence-electron chi connectivity index (χ2n) is 42.4. The van der Waals surface area contributed by atoms with E-state index in [0.29, 0.717) is 219 Å². The highest BCUT2D eigenvalue weighted by atomic mass is 16.6. The Morgan fingerprint density at radius 3 is 1.44 bits per heavy atom. The van der Waals surface area contributed by atoms with Crippen LogP contribution >= 0.6 is 0 Å². The van der Waals surface area contributed by atoms with Gasteiger partial charge in [-0.15, -0.1) is 6.58 Å². The summed E-state index contributed by atoms with van der Waals surface area (Å²) in [5.74, 6) is 11.6. The zero-order valence-electron chi connectivity index (χ0n) is 76.9. The van der Waals surface area contributed by atoms with Gasteiger partial charge >= 0.3 is 41.8 Å². The number of unbranched alkanes of at least 4 members (excludes halogenated alkanes) is 16. The zero-order valence-corrected chi connectivity index (χ0v) is 76.9. The van der Waals surface area contributed by atoms with E-state index in [4.69, 9.17) is 37.9 Å². The Morgan fingerprint density at radius 2 is 0.903 bits per heavy atom. The highest BCUT2D eigenvalue weighted by Crippen LogP contribution is 2.65. The molecular formula is C108H160O16. The van der Waals surface area contributed by atoms with Gasteiger partial charge in [-0.05, 0) is 320 Å². The van der Waals surface area contributed by atoms with Gasteiger partial charge in [0.15, 0.2) is 5.78 Å². The van der Waals surface area contributed by atoms with Gasteiger partial charge in [0.25, 0.3) is 0 Å². The van der Waals surface area contributed by atoms with Crippen LogP contribution in [0.2, 0.25) is 0 Å². The Bertz CT molecular complexity index is 3740. The summed E-state index contributed by atoms with van der Waals surface area (Å²) in [4.78, 5) is 104. The van der Waals surface area contributed by atoms with Gasteiger partial charge in [-0.3, -0.25) is 14.4 Å². The van der Waals surface area contributed by atoms with E-state index < -0.39 is 17.9 Å². The molecule has 0 radical (unpaired) electrons. The number of allylic oxidation sites excluding steroid dienone is 2. The third-order valence-corrected chi connectivity index (χ3v) is 34.4. The van der Waals surface area contributed by atoms with Crippen molar-refractivity contribution in [2.24, 2.45) is 160 Å². The number of carbonyl (C=O) groups excluding carboxylic acids is 8. The first-order valence-electron chi connectivity index (χ1n) is 51.0. The Balaban J connectivity index is 0.476. The maximum Gasteiger partial charge on any atom is 0.338 e. The number of Topliss-reactive ketones (excluding diaryl/α,β-unsaturated/α-hetero) is 1. The fourth-order valence-electron chi connectivity index (χ4n) is 28.3. The fourth-order valence-corrected chi connectivity index (χ4v) is 28.3. The molecular weight excluding hydrogens is 1550 g/mol. The summed E-state index contributed by atoms with van der Waals surface area (Å²) in [6.45, 7) is 23.6. The van der Waals surface area contributed by atoms with E-state index >= 15 is 0 Å². The number of esters is 7. The lowest BCUT2D eigenvalue weighted by atomic mass is 9.61. The molecule has 0 saturated heterocycles. The number of rotatable bonds is 55. The van der Waals surface area contributed by atoms with Crippen molar-refractivity contribution in [3.05, 3.63) is 96.7 Å². The van der Waals surface area contributed by atoms with Crippen LogP contribution < -0.4 is 0 Å². The minimum absolute atomic E-state index is 0.0365. The van der Waals surface area contributed by atoms with Crippen molar-refractivity contribution in [2.45, 2.75) is 310 Å². The first-order valence-corrected chi connectivity index (χ1v) is 51.0. The van der Waals surface area contributed by atoms with Crippen molar-refractivity contribution < 1.29 is 76.3 Å². The first kappa shape index (κ1) is 95.4. The normalized spacial score (nSPS) is 33.3. The molecule has 27 atom stereocenters. The third kappa shape index (κ3) is 25.9. The number of hydrogen-bond donors (Lipinski definition) is 0. The summed E-state index contributed by atoms with van der Waals surface area (Å²) in [5, 5.41) is 0. The smallest absolute Gasteiger partial charge is 0.338 e. The minimum atomic E-state index is -0.533. The van der Waals surface area contributed by atoms with Crippen LogP contribution in [0.3, 0.4) is 0 Å². The molecule has 0 heterocycles. The monoisotopic (exact) mass is 1710 g/mol. The van der Waals surface area contributed by atoms with Gasteiger partial charge in [-0.1, -0.05) is 193 Å². The molecule has 13 rings (SSSR count). The van der Waals surface area contributed by atoms with Gasteiger partial charge in [0.1, 0.15) is 6.61 Å². The second kappa shape index (κ2) is 47.9. The van der Waals surface area contributed by atoms with Gasteiger partial charge in [-0.25, -0.2) is 24.0 Å². The van der Waals surface area contributed by atoms with E-state index in [1.807, 2.05) is 12.2 Å². The molecule has 1 aromatic carbocycles. The quantitative estimate of drug-likeness (QED) is 0.0195. The predicted molar refractivity (Wildman–Crippen MR) is 484 cm³/mol. The Kier molecular flexibility index (Phi) is 36.9. The molecule has 0 amide bonds. The molecule has 16 heteroatoms. The molecule has 11 saturated carbocycles. The van der Waals surface area contributed by atoms with E-state index in [1.165, 1.54) is 167 Å². The van der Waals surface area contributed by atoms with Crippen molar-refractivity contribution in [1.29, 1.82) is 0 Å². The van der Waals surface area contributed by atoms with E-state index in [1.54, 1.807) is 43.3 Å². The molecule has 6 bridgehead atoms. The fraction of sp³-hybridized carbons (Fsp3) is 0.778.